The van der Waals surface area contributed by atoms with Crippen LogP contribution in [0.4, 0.5) is 0 Å². The van der Waals surface area contributed by atoms with Gasteiger partial charge in [0.05, 0.1) is 21.8 Å². The van der Waals surface area contributed by atoms with Crippen LogP contribution in [0.15, 0.2) is 24.3 Å². The number of aromatic nitrogens is 1. The van der Waals surface area contributed by atoms with Crippen molar-refractivity contribution in [1.82, 2.24) is 4.98 Å². The van der Waals surface area contributed by atoms with Crippen molar-refractivity contribution in [2.24, 2.45) is 5.73 Å². The van der Waals surface area contributed by atoms with E-state index in [1.54, 1.807) is 11.3 Å². The fourth-order valence-corrected chi connectivity index (χ4v) is 2.73. The molecule has 1 heterocycles. The van der Waals surface area contributed by atoms with Gasteiger partial charge in [-0.2, -0.15) is 0 Å². The van der Waals surface area contributed by atoms with E-state index < -0.39 is 0 Å². The molecule has 0 aliphatic rings. The molecule has 1 unspecified atom stereocenters. The summed E-state index contributed by atoms with van der Waals surface area (Å²) in [5.74, 6) is 0. The highest BCUT2D eigenvalue weighted by atomic mass is 32.1. The Kier molecular flexibility index (Phi) is 4.48. The first-order valence-electron chi connectivity index (χ1n) is 5.97. The van der Waals surface area contributed by atoms with Gasteiger partial charge < -0.3 is 10.5 Å². The minimum atomic E-state index is 0.0436. The molecule has 17 heavy (non-hydrogen) atoms. The molecule has 0 aliphatic heterocycles. The highest BCUT2D eigenvalue weighted by molar-refractivity contribution is 7.18. The second kappa shape index (κ2) is 6.10. The summed E-state index contributed by atoms with van der Waals surface area (Å²) in [6.45, 7) is 3.50. The molecule has 92 valence electrons. The van der Waals surface area contributed by atoms with Gasteiger partial charge in [-0.15, -0.1) is 11.3 Å². The van der Waals surface area contributed by atoms with Crippen LogP contribution in [-0.2, 0) is 11.2 Å². The van der Waals surface area contributed by atoms with Crippen molar-refractivity contribution < 1.29 is 4.74 Å². The number of hydrogen-bond donors (Lipinski definition) is 1. The molecular weight excluding hydrogens is 232 g/mol. The van der Waals surface area contributed by atoms with Crippen molar-refractivity contribution in [3.05, 3.63) is 29.3 Å². The van der Waals surface area contributed by atoms with E-state index in [0.29, 0.717) is 6.61 Å². The molecule has 0 aliphatic carbocycles. The van der Waals surface area contributed by atoms with Crippen molar-refractivity contribution in [2.75, 3.05) is 13.2 Å². The maximum Gasteiger partial charge on any atom is 0.0954 e. The first-order valence-corrected chi connectivity index (χ1v) is 6.79. The van der Waals surface area contributed by atoms with E-state index in [0.717, 1.165) is 30.0 Å². The molecule has 0 radical (unpaired) electrons. The summed E-state index contributed by atoms with van der Waals surface area (Å²) in [5, 5.41) is 1.10. The lowest BCUT2D eigenvalue weighted by Crippen LogP contribution is -2.28. The SMILES string of the molecule is CCCOCC(N)Cc1nc2ccccc2s1. The van der Waals surface area contributed by atoms with Gasteiger partial charge in [0, 0.05) is 19.1 Å². The Labute approximate surface area is 106 Å². The van der Waals surface area contributed by atoms with Gasteiger partial charge in [-0.3, -0.25) is 0 Å². The van der Waals surface area contributed by atoms with Crippen molar-refractivity contribution in [3.8, 4) is 0 Å². The second-order valence-corrected chi connectivity index (χ2v) is 5.23. The second-order valence-electron chi connectivity index (χ2n) is 4.11. The number of para-hydroxylation sites is 1. The predicted octanol–water partition coefficient (Wildman–Crippen LogP) is 2.59. The van der Waals surface area contributed by atoms with E-state index in [1.807, 2.05) is 18.2 Å². The lowest BCUT2D eigenvalue weighted by atomic mass is 10.2. The van der Waals surface area contributed by atoms with Crippen LogP contribution in [0.25, 0.3) is 10.2 Å². The van der Waals surface area contributed by atoms with Crippen LogP contribution in [0, 0.1) is 0 Å². The Bertz CT molecular complexity index is 436. The van der Waals surface area contributed by atoms with Gasteiger partial charge in [-0.1, -0.05) is 19.1 Å². The highest BCUT2D eigenvalue weighted by Gasteiger charge is 2.08. The van der Waals surface area contributed by atoms with E-state index in [1.165, 1.54) is 4.70 Å². The summed E-state index contributed by atoms with van der Waals surface area (Å²) in [7, 11) is 0. The molecule has 4 heteroatoms. The molecule has 0 fully saturated rings. The third-order valence-electron chi connectivity index (χ3n) is 2.46. The lowest BCUT2D eigenvalue weighted by molar-refractivity contribution is 0.121. The summed E-state index contributed by atoms with van der Waals surface area (Å²) in [6, 6.07) is 8.22. The number of hydrogen-bond acceptors (Lipinski definition) is 4. The number of ether oxygens (including phenoxy) is 1. The van der Waals surface area contributed by atoms with E-state index >= 15 is 0 Å². The van der Waals surface area contributed by atoms with Crippen LogP contribution in [0.1, 0.15) is 18.4 Å². The van der Waals surface area contributed by atoms with Gasteiger partial charge >= 0.3 is 0 Å². The van der Waals surface area contributed by atoms with Crippen LogP contribution in [-0.4, -0.2) is 24.2 Å². The van der Waals surface area contributed by atoms with Gasteiger partial charge in [0.25, 0.3) is 0 Å². The molecule has 0 bridgehead atoms. The zero-order valence-electron chi connectivity index (χ0n) is 10.1. The van der Waals surface area contributed by atoms with Crippen LogP contribution >= 0.6 is 11.3 Å². The standard InChI is InChI=1S/C13H18N2OS/c1-2-7-16-9-10(14)8-13-15-11-5-3-4-6-12(11)17-13/h3-6,10H,2,7-9,14H2,1H3. The first kappa shape index (κ1) is 12.5. The number of fused-ring (bicyclic) bond motifs is 1. The highest BCUT2D eigenvalue weighted by Crippen LogP contribution is 2.22. The average molecular weight is 250 g/mol. The van der Waals surface area contributed by atoms with Gasteiger partial charge in [-0.05, 0) is 18.6 Å². The van der Waals surface area contributed by atoms with Crippen molar-refractivity contribution >= 4 is 21.6 Å². The molecule has 0 saturated heterocycles. The molecule has 0 spiro atoms. The molecule has 2 rings (SSSR count). The molecule has 2 N–H and O–H groups in total. The summed E-state index contributed by atoms with van der Waals surface area (Å²) in [4.78, 5) is 4.56. The maximum atomic E-state index is 6.01. The van der Waals surface area contributed by atoms with Crippen LogP contribution < -0.4 is 5.73 Å². The fraction of sp³-hybridized carbons (Fsp3) is 0.462. The van der Waals surface area contributed by atoms with Gasteiger partial charge in [0.15, 0.2) is 0 Å². The monoisotopic (exact) mass is 250 g/mol. The topological polar surface area (TPSA) is 48.1 Å². The molecule has 0 saturated carbocycles. The molecule has 2 aromatic rings. The Morgan fingerprint density at radius 3 is 3.00 bits per heavy atom. The zero-order chi connectivity index (χ0) is 12.1. The summed E-state index contributed by atoms with van der Waals surface area (Å²) in [6.07, 6.45) is 1.83. The minimum Gasteiger partial charge on any atom is -0.380 e. The molecule has 1 aromatic heterocycles. The zero-order valence-corrected chi connectivity index (χ0v) is 10.9. The Morgan fingerprint density at radius 1 is 1.41 bits per heavy atom. The minimum absolute atomic E-state index is 0.0436. The predicted molar refractivity (Wildman–Crippen MR) is 72.4 cm³/mol. The third kappa shape index (κ3) is 3.49. The summed E-state index contributed by atoms with van der Waals surface area (Å²) in [5.41, 5.74) is 7.07. The van der Waals surface area contributed by atoms with Crippen molar-refractivity contribution in [2.45, 2.75) is 25.8 Å². The molecule has 0 amide bonds. The average Bonchev–Trinajstić information content (AvgIpc) is 2.71. The van der Waals surface area contributed by atoms with E-state index in [4.69, 9.17) is 10.5 Å². The lowest BCUT2D eigenvalue weighted by Gasteiger charge is -2.09. The summed E-state index contributed by atoms with van der Waals surface area (Å²) < 4.78 is 6.67. The maximum absolute atomic E-state index is 6.01. The number of rotatable bonds is 6. The van der Waals surface area contributed by atoms with Gasteiger partial charge in [0.2, 0.25) is 0 Å². The normalized spacial score (nSPS) is 13.1. The van der Waals surface area contributed by atoms with Gasteiger partial charge in [0.1, 0.15) is 0 Å². The van der Waals surface area contributed by atoms with Gasteiger partial charge in [-0.25, -0.2) is 4.98 Å². The Hall–Kier alpha value is -0.970. The number of nitrogens with two attached hydrogens (primary N) is 1. The molecular formula is C13H18N2OS. The Morgan fingerprint density at radius 2 is 2.24 bits per heavy atom. The van der Waals surface area contributed by atoms with E-state index in [9.17, 15) is 0 Å². The quantitative estimate of drug-likeness (QED) is 0.802. The van der Waals surface area contributed by atoms with Crippen LogP contribution in [0.2, 0.25) is 0 Å². The first-order chi connectivity index (χ1) is 8.29. The largest absolute Gasteiger partial charge is 0.380 e. The van der Waals surface area contributed by atoms with Crippen LogP contribution in [0.3, 0.4) is 0 Å². The Balaban J connectivity index is 1.93. The molecule has 3 nitrogen and oxygen atoms in total. The van der Waals surface area contributed by atoms with E-state index in [-0.39, 0.29) is 6.04 Å². The third-order valence-corrected chi connectivity index (χ3v) is 3.51. The van der Waals surface area contributed by atoms with E-state index in [2.05, 4.69) is 18.0 Å². The number of nitrogens with zero attached hydrogens (tertiary/aromatic N) is 1. The number of thiazole rings is 1. The molecule has 1 atom stereocenters. The van der Waals surface area contributed by atoms with Crippen LogP contribution in [0.5, 0.6) is 0 Å². The van der Waals surface area contributed by atoms with Crippen molar-refractivity contribution in [1.29, 1.82) is 0 Å². The fourth-order valence-electron chi connectivity index (χ4n) is 1.67. The number of benzene rings is 1. The van der Waals surface area contributed by atoms with Crippen molar-refractivity contribution in [3.63, 3.8) is 0 Å². The summed E-state index contributed by atoms with van der Waals surface area (Å²) >= 11 is 1.72. The smallest absolute Gasteiger partial charge is 0.0954 e. The molecule has 1 aromatic carbocycles.